The van der Waals surface area contributed by atoms with Gasteiger partial charge in [-0.15, -0.1) is 0 Å². The minimum absolute atomic E-state index is 0.118. The number of hydrogen-bond acceptors (Lipinski definition) is 5. The van der Waals surface area contributed by atoms with E-state index in [0.29, 0.717) is 38.6 Å². The standard InChI is InChI=1S/C18H21N3O3/c1-20-9-10-23-12-15(20)18(22)21-8-7-16-14(11-21)19-17(24-16)13-5-3-2-4-6-13/h2-6,15H,7-12H2,1H3/t15-/m0/s1. The van der Waals surface area contributed by atoms with Gasteiger partial charge in [-0.2, -0.15) is 0 Å². The quantitative estimate of drug-likeness (QED) is 0.838. The van der Waals surface area contributed by atoms with E-state index < -0.39 is 0 Å². The Labute approximate surface area is 141 Å². The van der Waals surface area contributed by atoms with Crippen molar-refractivity contribution in [1.82, 2.24) is 14.8 Å². The van der Waals surface area contributed by atoms with Crippen molar-refractivity contribution in [1.29, 1.82) is 0 Å². The Morgan fingerprint density at radius 3 is 2.88 bits per heavy atom. The van der Waals surface area contributed by atoms with Gasteiger partial charge in [0.25, 0.3) is 0 Å². The molecule has 0 radical (unpaired) electrons. The fourth-order valence-corrected chi connectivity index (χ4v) is 3.25. The van der Waals surface area contributed by atoms with Crippen molar-refractivity contribution < 1.29 is 13.9 Å². The zero-order chi connectivity index (χ0) is 16.5. The number of amides is 1. The fraction of sp³-hybridized carbons (Fsp3) is 0.444. The van der Waals surface area contributed by atoms with Crippen LogP contribution in [-0.4, -0.2) is 60.1 Å². The van der Waals surface area contributed by atoms with Crippen LogP contribution < -0.4 is 0 Å². The lowest BCUT2D eigenvalue weighted by molar-refractivity contribution is -0.143. The number of hydrogen-bond donors (Lipinski definition) is 0. The van der Waals surface area contributed by atoms with E-state index in [1.54, 1.807) is 0 Å². The number of benzene rings is 1. The molecule has 1 saturated heterocycles. The predicted molar refractivity (Wildman–Crippen MR) is 88.3 cm³/mol. The van der Waals surface area contributed by atoms with Crippen LogP contribution in [0.15, 0.2) is 34.7 Å². The van der Waals surface area contributed by atoms with E-state index in [1.165, 1.54) is 0 Å². The SMILES string of the molecule is CN1CCOC[C@H]1C(=O)N1CCc2oc(-c3ccccc3)nc2C1. The summed E-state index contributed by atoms with van der Waals surface area (Å²) in [5.41, 5.74) is 1.83. The van der Waals surface area contributed by atoms with Crippen LogP contribution >= 0.6 is 0 Å². The Bertz CT molecular complexity index is 728. The first-order valence-electron chi connectivity index (χ1n) is 8.33. The third-order valence-electron chi connectivity index (χ3n) is 4.74. The molecular formula is C18H21N3O3. The van der Waals surface area contributed by atoms with Crippen LogP contribution in [0.5, 0.6) is 0 Å². The molecule has 2 aliphatic rings. The molecule has 0 saturated carbocycles. The molecule has 3 heterocycles. The predicted octanol–water partition coefficient (Wildman–Crippen LogP) is 1.56. The number of carbonyl (C=O) groups is 1. The molecule has 4 rings (SSSR count). The summed E-state index contributed by atoms with van der Waals surface area (Å²) in [6.07, 6.45) is 0.707. The molecule has 1 aromatic carbocycles. The zero-order valence-corrected chi connectivity index (χ0v) is 13.8. The van der Waals surface area contributed by atoms with Gasteiger partial charge < -0.3 is 14.1 Å². The van der Waals surface area contributed by atoms with Gasteiger partial charge in [0, 0.05) is 25.1 Å². The normalized spacial score (nSPS) is 21.5. The summed E-state index contributed by atoms with van der Waals surface area (Å²) in [7, 11) is 1.98. The molecule has 2 aromatic rings. The molecule has 1 amide bonds. The van der Waals surface area contributed by atoms with Gasteiger partial charge in [-0.1, -0.05) is 18.2 Å². The van der Waals surface area contributed by atoms with Crippen LogP contribution in [0.25, 0.3) is 11.5 Å². The van der Waals surface area contributed by atoms with Crippen molar-refractivity contribution in [2.24, 2.45) is 0 Å². The maximum Gasteiger partial charge on any atom is 0.242 e. The van der Waals surface area contributed by atoms with Gasteiger partial charge in [0.05, 0.1) is 19.8 Å². The number of likely N-dealkylation sites (N-methyl/N-ethyl adjacent to an activating group) is 1. The van der Waals surface area contributed by atoms with Crippen molar-refractivity contribution in [2.45, 2.75) is 19.0 Å². The molecule has 0 unspecified atom stereocenters. The highest BCUT2D eigenvalue weighted by Crippen LogP contribution is 2.26. The minimum atomic E-state index is -0.194. The van der Waals surface area contributed by atoms with Crippen LogP contribution in [0, 0.1) is 0 Å². The van der Waals surface area contributed by atoms with Crippen LogP contribution in [0.4, 0.5) is 0 Å². The van der Waals surface area contributed by atoms with Crippen molar-refractivity contribution in [3.63, 3.8) is 0 Å². The first-order valence-corrected chi connectivity index (χ1v) is 8.33. The summed E-state index contributed by atoms with van der Waals surface area (Å²) >= 11 is 0. The van der Waals surface area contributed by atoms with Gasteiger partial charge in [0.1, 0.15) is 17.5 Å². The van der Waals surface area contributed by atoms with Gasteiger partial charge in [0.2, 0.25) is 11.8 Å². The lowest BCUT2D eigenvalue weighted by Gasteiger charge is -2.36. The number of carbonyl (C=O) groups excluding carboxylic acids is 1. The van der Waals surface area contributed by atoms with Gasteiger partial charge >= 0.3 is 0 Å². The highest BCUT2D eigenvalue weighted by Gasteiger charge is 2.33. The highest BCUT2D eigenvalue weighted by atomic mass is 16.5. The summed E-state index contributed by atoms with van der Waals surface area (Å²) < 4.78 is 11.4. The van der Waals surface area contributed by atoms with Gasteiger partial charge in [0.15, 0.2) is 0 Å². The van der Waals surface area contributed by atoms with E-state index in [0.717, 1.165) is 23.6 Å². The van der Waals surface area contributed by atoms with E-state index in [-0.39, 0.29) is 11.9 Å². The summed E-state index contributed by atoms with van der Waals surface area (Å²) in [5.74, 6) is 1.64. The largest absolute Gasteiger partial charge is 0.441 e. The molecular weight excluding hydrogens is 306 g/mol. The number of morpholine rings is 1. The monoisotopic (exact) mass is 327 g/mol. The van der Waals surface area contributed by atoms with Crippen LogP contribution in [0.2, 0.25) is 0 Å². The molecule has 1 aromatic heterocycles. The molecule has 24 heavy (non-hydrogen) atoms. The fourth-order valence-electron chi connectivity index (χ4n) is 3.25. The Hall–Kier alpha value is -2.18. The molecule has 1 fully saturated rings. The molecule has 6 nitrogen and oxygen atoms in total. The Morgan fingerprint density at radius 2 is 2.08 bits per heavy atom. The molecule has 6 heteroatoms. The van der Waals surface area contributed by atoms with Crippen molar-refractivity contribution in [2.75, 3.05) is 33.4 Å². The third-order valence-corrected chi connectivity index (χ3v) is 4.74. The minimum Gasteiger partial charge on any atom is -0.441 e. The molecule has 0 spiro atoms. The molecule has 0 aliphatic carbocycles. The first kappa shape index (κ1) is 15.4. The first-order chi connectivity index (χ1) is 11.7. The number of aromatic nitrogens is 1. The maximum atomic E-state index is 12.8. The lowest BCUT2D eigenvalue weighted by Crippen LogP contribution is -2.54. The maximum absolute atomic E-state index is 12.8. The van der Waals surface area contributed by atoms with Gasteiger partial charge in [-0.05, 0) is 19.2 Å². The number of rotatable bonds is 2. The van der Waals surface area contributed by atoms with Crippen LogP contribution in [0.1, 0.15) is 11.5 Å². The Balaban J connectivity index is 1.51. The summed E-state index contributed by atoms with van der Waals surface area (Å²) in [5, 5.41) is 0. The van der Waals surface area contributed by atoms with E-state index in [1.807, 2.05) is 42.3 Å². The summed E-state index contributed by atoms with van der Waals surface area (Å²) in [6, 6.07) is 9.67. The van der Waals surface area contributed by atoms with Gasteiger partial charge in [-0.25, -0.2) is 4.98 Å². The molecule has 126 valence electrons. The van der Waals surface area contributed by atoms with Gasteiger partial charge in [-0.3, -0.25) is 9.69 Å². The van der Waals surface area contributed by atoms with E-state index in [2.05, 4.69) is 9.88 Å². The average Bonchev–Trinajstić information content (AvgIpc) is 3.05. The smallest absolute Gasteiger partial charge is 0.242 e. The topological polar surface area (TPSA) is 58.8 Å². The third kappa shape index (κ3) is 2.83. The van der Waals surface area contributed by atoms with Crippen molar-refractivity contribution in [3.8, 4) is 11.5 Å². The van der Waals surface area contributed by atoms with Crippen LogP contribution in [0.3, 0.4) is 0 Å². The summed E-state index contributed by atoms with van der Waals surface area (Å²) in [6.45, 7) is 3.12. The van der Waals surface area contributed by atoms with E-state index >= 15 is 0 Å². The summed E-state index contributed by atoms with van der Waals surface area (Å²) in [4.78, 5) is 21.3. The zero-order valence-electron chi connectivity index (χ0n) is 13.8. The molecule has 1 atom stereocenters. The molecule has 2 aliphatic heterocycles. The second kappa shape index (κ2) is 6.37. The number of fused-ring (bicyclic) bond motifs is 1. The number of ether oxygens (including phenoxy) is 1. The van der Waals surface area contributed by atoms with E-state index in [4.69, 9.17) is 9.15 Å². The second-order valence-electron chi connectivity index (χ2n) is 6.34. The average molecular weight is 327 g/mol. The number of oxazole rings is 1. The van der Waals surface area contributed by atoms with Crippen molar-refractivity contribution in [3.05, 3.63) is 41.8 Å². The highest BCUT2D eigenvalue weighted by molar-refractivity contribution is 5.82. The Kier molecular flexibility index (Phi) is 4.08. The number of nitrogens with zero attached hydrogens (tertiary/aromatic N) is 3. The molecule has 0 bridgehead atoms. The van der Waals surface area contributed by atoms with E-state index in [9.17, 15) is 4.79 Å². The van der Waals surface area contributed by atoms with Crippen LogP contribution in [-0.2, 0) is 22.5 Å². The Morgan fingerprint density at radius 1 is 1.25 bits per heavy atom. The lowest BCUT2D eigenvalue weighted by atomic mass is 10.1. The second-order valence-corrected chi connectivity index (χ2v) is 6.34. The molecule has 0 N–H and O–H groups in total. The van der Waals surface area contributed by atoms with Crippen molar-refractivity contribution >= 4 is 5.91 Å².